The lowest BCUT2D eigenvalue weighted by molar-refractivity contribution is -0.127. The Labute approximate surface area is 268 Å². The maximum absolute atomic E-state index is 14.6. The number of alkyl halides is 1. The number of carbonyl (C=O) groups excluding carboxylic acids is 1. The van der Waals surface area contributed by atoms with Gasteiger partial charge in [-0.25, -0.2) is 9.37 Å². The van der Waals surface area contributed by atoms with Gasteiger partial charge in [-0.3, -0.25) is 9.69 Å². The van der Waals surface area contributed by atoms with Crippen molar-refractivity contribution < 1.29 is 13.9 Å². The Kier molecular flexibility index (Phi) is 7.03. The van der Waals surface area contributed by atoms with Crippen molar-refractivity contribution in [3.05, 3.63) is 64.7 Å². The summed E-state index contributed by atoms with van der Waals surface area (Å²) >= 11 is 7.10. The van der Waals surface area contributed by atoms with Gasteiger partial charge in [0.05, 0.1) is 28.8 Å². The van der Waals surface area contributed by atoms with E-state index in [9.17, 15) is 14.4 Å². The lowest BCUT2D eigenvalue weighted by atomic mass is 9.85. The number of hydrogen-bond acceptors (Lipinski definition) is 6. The molecule has 4 atom stereocenters. The molecule has 1 aliphatic carbocycles. The molecule has 4 aliphatic heterocycles. The third kappa shape index (κ3) is 4.53. The van der Waals surface area contributed by atoms with E-state index in [0.29, 0.717) is 48.8 Å². The van der Waals surface area contributed by atoms with Gasteiger partial charge in [-0.1, -0.05) is 36.4 Å². The molecule has 0 saturated carbocycles. The Morgan fingerprint density at radius 3 is 2.89 bits per heavy atom. The van der Waals surface area contributed by atoms with Crippen molar-refractivity contribution in [1.82, 2.24) is 14.8 Å². The number of halogens is 2. The van der Waals surface area contributed by atoms with Gasteiger partial charge in [-0.05, 0) is 86.4 Å². The van der Waals surface area contributed by atoms with Gasteiger partial charge in [0.2, 0.25) is 11.8 Å². The first kappa shape index (κ1) is 28.8. The van der Waals surface area contributed by atoms with Crippen molar-refractivity contribution in [2.24, 2.45) is 0 Å². The number of aromatic nitrogens is 1. The van der Waals surface area contributed by atoms with Crippen molar-refractivity contribution in [1.29, 1.82) is 5.26 Å². The van der Waals surface area contributed by atoms with E-state index < -0.39 is 6.17 Å². The summed E-state index contributed by atoms with van der Waals surface area (Å²) in [5.74, 6) is 0.223. The number of pyridine rings is 1. The molecule has 4 fully saturated rings. The highest BCUT2D eigenvalue weighted by molar-refractivity contribution is 6.34. The van der Waals surface area contributed by atoms with Gasteiger partial charge in [-0.15, -0.1) is 0 Å². The zero-order valence-electron chi connectivity index (χ0n) is 25.4. The second-order valence-electron chi connectivity index (χ2n) is 13.4. The van der Waals surface area contributed by atoms with Gasteiger partial charge in [0, 0.05) is 42.0 Å². The molecular weight excluding hydrogens is 589 g/mol. The van der Waals surface area contributed by atoms with Crippen LogP contribution in [0.3, 0.4) is 0 Å². The quantitative estimate of drug-likeness (QED) is 0.302. The number of aryl methyl sites for hydroxylation is 1. The average molecular weight is 626 g/mol. The van der Waals surface area contributed by atoms with Crippen LogP contribution in [0, 0.1) is 11.3 Å². The van der Waals surface area contributed by atoms with Gasteiger partial charge in [0.15, 0.2) is 0 Å². The van der Waals surface area contributed by atoms with E-state index in [0.717, 1.165) is 67.3 Å². The number of benzene rings is 2. The van der Waals surface area contributed by atoms with Crippen LogP contribution in [0.25, 0.3) is 22.0 Å². The van der Waals surface area contributed by atoms with Crippen LogP contribution >= 0.6 is 11.6 Å². The molecule has 0 bridgehead atoms. The van der Waals surface area contributed by atoms with Gasteiger partial charge in [0.1, 0.15) is 24.4 Å². The van der Waals surface area contributed by atoms with Crippen molar-refractivity contribution in [3.63, 3.8) is 0 Å². The Bertz CT molecular complexity index is 1770. The molecule has 0 radical (unpaired) electrons. The molecule has 0 N–H and O–H groups in total. The monoisotopic (exact) mass is 625 g/mol. The highest BCUT2D eigenvalue weighted by Crippen LogP contribution is 2.47. The van der Waals surface area contributed by atoms with Crippen LogP contribution in [-0.2, 0) is 17.6 Å². The van der Waals surface area contributed by atoms with Crippen LogP contribution in [0.15, 0.2) is 43.0 Å². The summed E-state index contributed by atoms with van der Waals surface area (Å²) < 4.78 is 21.1. The molecule has 232 valence electrons. The highest BCUT2D eigenvalue weighted by atomic mass is 35.5. The highest BCUT2D eigenvalue weighted by Gasteiger charge is 2.51. The smallest absolute Gasteiger partial charge is 0.246 e. The molecule has 0 spiro atoms. The van der Waals surface area contributed by atoms with E-state index in [1.54, 1.807) is 0 Å². The van der Waals surface area contributed by atoms with Gasteiger partial charge in [-0.2, -0.15) is 5.26 Å². The molecule has 5 heterocycles. The number of rotatable bonds is 6. The Balaban J connectivity index is 1.25. The van der Waals surface area contributed by atoms with E-state index >= 15 is 0 Å². The summed E-state index contributed by atoms with van der Waals surface area (Å²) in [5, 5.41) is 12.0. The zero-order chi connectivity index (χ0) is 30.9. The second kappa shape index (κ2) is 11.0. The van der Waals surface area contributed by atoms with Gasteiger partial charge >= 0.3 is 0 Å². The Morgan fingerprint density at radius 2 is 2.04 bits per heavy atom. The summed E-state index contributed by atoms with van der Waals surface area (Å²) in [5.41, 5.74) is 6.26. The van der Waals surface area contributed by atoms with Crippen LogP contribution in [-0.4, -0.2) is 77.3 Å². The maximum atomic E-state index is 14.6. The second-order valence-corrected chi connectivity index (χ2v) is 13.8. The minimum atomic E-state index is -0.868. The maximum Gasteiger partial charge on any atom is 0.246 e. The first-order valence-corrected chi connectivity index (χ1v) is 16.7. The molecule has 4 saturated heterocycles. The van der Waals surface area contributed by atoms with E-state index in [4.69, 9.17) is 21.3 Å². The number of carbonyl (C=O) groups is 1. The fourth-order valence-corrected chi connectivity index (χ4v) is 9.17. The lowest BCUT2D eigenvalue weighted by Gasteiger charge is -2.48. The Morgan fingerprint density at radius 1 is 1.18 bits per heavy atom. The standard InChI is InChI=1S/C36H37ClFN5O2/c1-2-33(44)42-14-11-31-32(42)20-43(31)34-27-15-29(37)26(25-10-5-8-22-7-3-4-9-24(22)25)16-30(27)40-35(28(34)18-39)45-21-36-12-6-13-41(36)19-23(38)17-36/h2,5,8,10,15-16,23,31-32H,1,3-4,6-7,9,11-14,17,19-21H2/t23-,31-,32-,36+/m1/s1. The van der Waals surface area contributed by atoms with Crippen molar-refractivity contribution in [2.75, 3.05) is 37.7 Å². The minimum Gasteiger partial charge on any atom is -0.475 e. The third-order valence-corrected chi connectivity index (χ3v) is 11.4. The predicted molar refractivity (Wildman–Crippen MR) is 174 cm³/mol. The fourth-order valence-electron chi connectivity index (χ4n) is 8.91. The topological polar surface area (TPSA) is 72.7 Å². The molecular formula is C36H37ClFN5O2. The SMILES string of the molecule is C=CC(=O)N1CC[C@@H]2[C@H]1CN2c1c(C#N)c(OC[C@@]23CCCN2C[C@H](F)C3)nc2cc(-c3cccc4c3CCCC4)c(Cl)cc12. The molecule has 0 unspecified atom stereocenters. The lowest BCUT2D eigenvalue weighted by Crippen LogP contribution is -2.63. The van der Waals surface area contributed by atoms with Crippen LogP contribution < -0.4 is 9.64 Å². The number of likely N-dealkylation sites (tertiary alicyclic amines) is 1. The van der Waals surface area contributed by atoms with E-state index in [-0.39, 0.29) is 29.4 Å². The van der Waals surface area contributed by atoms with E-state index in [2.05, 4.69) is 40.6 Å². The average Bonchev–Trinajstić information content (AvgIpc) is 3.68. The molecule has 7 nitrogen and oxygen atoms in total. The van der Waals surface area contributed by atoms with Crippen LogP contribution in [0.5, 0.6) is 5.88 Å². The number of hydrogen-bond donors (Lipinski definition) is 0. The molecule has 5 aliphatic rings. The molecule has 1 amide bonds. The number of nitriles is 1. The molecule has 2 aromatic carbocycles. The van der Waals surface area contributed by atoms with Gasteiger partial charge in [0.25, 0.3) is 0 Å². The largest absolute Gasteiger partial charge is 0.475 e. The first-order chi connectivity index (χ1) is 21.9. The summed E-state index contributed by atoms with van der Waals surface area (Å²) in [7, 11) is 0. The number of nitrogens with zero attached hydrogens (tertiary/aromatic N) is 5. The molecule has 9 heteroatoms. The normalized spacial score (nSPS) is 27.1. The summed E-state index contributed by atoms with van der Waals surface area (Å²) in [6, 6.07) is 13.0. The number of ether oxygens (including phenoxy) is 1. The predicted octanol–water partition coefficient (Wildman–Crippen LogP) is 6.24. The van der Waals surface area contributed by atoms with Crippen LogP contribution in [0.2, 0.25) is 5.02 Å². The van der Waals surface area contributed by atoms with Crippen molar-refractivity contribution >= 4 is 34.1 Å². The number of fused-ring (bicyclic) bond motifs is 4. The van der Waals surface area contributed by atoms with Gasteiger partial charge < -0.3 is 14.5 Å². The first-order valence-electron chi connectivity index (χ1n) is 16.3. The number of anilines is 1. The fraction of sp³-hybridized carbons (Fsp3) is 0.472. The van der Waals surface area contributed by atoms with E-state index in [1.165, 1.54) is 23.6 Å². The zero-order valence-corrected chi connectivity index (χ0v) is 26.2. The minimum absolute atomic E-state index is 0.0612. The summed E-state index contributed by atoms with van der Waals surface area (Å²) in [6.45, 7) is 6.53. The van der Waals surface area contributed by atoms with E-state index in [1.807, 2.05) is 17.0 Å². The molecule has 3 aromatic rings. The number of amides is 1. The van der Waals surface area contributed by atoms with Crippen LogP contribution in [0.4, 0.5) is 10.1 Å². The molecule has 1 aromatic heterocycles. The molecule has 8 rings (SSSR count). The van der Waals surface area contributed by atoms with Crippen molar-refractivity contribution in [2.45, 2.75) is 75.2 Å². The molecule has 45 heavy (non-hydrogen) atoms. The van der Waals surface area contributed by atoms with Crippen molar-refractivity contribution in [3.8, 4) is 23.1 Å². The summed E-state index contributed by atoms with van der Waals surface area (Å²) in [6.07, 6.45) is 8.07. The van der Waals surface area contributed by atoms with Crippen LogP contribution in [0.1, 0.15) is 55.2 Å². The Hall–Kier alpha value is -3.67. The third-order valence-electron chi connectivity index (χ3n) is 11.1. The summed E-state index contributed by atoms with van der Waals surface area (Å²) in [4.78, 5) is 23.9.